The average molecular weight is 169 g/mol. The maximum Gasteiger partial charge on any atom is 0.360 e. The van der Waals surface area contributed by atoms with Crippen LogP contribution in [0.1, 0.15) is 36.1 Å². The van der Waals surface area contributed by atoms with Crippen molar-refractivity contribution in [1.29, 1.82) is 0 Å². The van der Waals surface area contributed by atoms with Gasteiger partial charge in [0.25, 0.3) is 0 Å². The summed E-state index contributed by atoms with van der Waals surface area (Å²) in [6.07, 6.45) is 1.31. The van der Waals surface area contributed by atoms with E-state index in [1.54, 1.807) is 0 Å². The van der Waals surface area contributed by atoms with Crippen molar-refractivity contribution in [3.63, 3.8) is 0 Å². The van der Waals surface area contributed by atoms with Crippen molar-refractivity contribution in [2.24, 2.45) is 0 Å². The van der Waals surface area contributed by atoms with E-state index in [-0.39, 0.29) is 11.6 Å². The Morgan fingerprint density at radius 2 is 2.33 bits per heavy atom. The molecule has 0 aliphatic carbocycles. The molecule has 66 valence electrons. The molecule has 1 heterocycles. The zero-order valence-corrected chi connectivity index (χ0v) is 7.33. The first-order valence-corrected chi connectivity index (χ1v) is 3.69. The lowest BCUT2D eigenvalue weighted by Crippen LogP contribution is -2.01. The van der Waals surface area contributed by atoms with Crippen molar-refractivity contribution in [1.82, 2.24) is 4.98 Å². The Balaban J connectivity index is 2.84. The second kappa shape index (κ2) is 3.38. The highest BCUT2D eigenvalue weighted by atomic mass is 16.5. The third-order valence-electron chi connectivity index (χ3n) is 1.41. The minimum Gasteiger partial charge on any atom is -0.464 e. The summed E-state index contributed by atoms with van der Waals surface area (Å²) in [6, 6.07) is 0. The molecule has 0 spiro atoms. The van der Waals surface area contributed by atoms with Crippen LogP contribution in [0.15, 0.2) is 10.7 Å². The summed E-state index contributed by atoms with van der Waals surface area (Å²) < 4.78 is 9.50. The minimum absolute atomic E-state index is 0.184. The van der Waals surface area contributed by atoms with E-state index in [1.807, 2.05) is 13.8 Å². The summed E-state index contributed by atoms with van der Waals surface area (Å²) in [5.41, 5.74) is 0.223. The minimum atomic E-state index is -0.467. The predicted octanol–water partition coefficient (Wildman–Crippen LogP) is 1.58. The zero-order chi connectivity index (χ0) is 9.14. The van der Waals surface area contributed by atoms with Crippen LogP contribution in [0.3, 0.4) is 0 Å². The second-order valence-electron chi connectivity index (χ2n) is 2.72. The number of hydrogen-bond acceptors (Lipinski definition) is 4. The van der Waals surface area contributed by atoms with Gasteiger partial charge in [-0.2, -0.15) is 0 Å². The lowest BCUT2D eigenvalue weighted by Gasteiger charge is -1.94. The van der Waals surface area contributed by atoms with Gasteiger partial charge < -0.3 is 9.15 Å². The van der Waals surface area contributed by atoms with Crippen LogP contribution >= 0.6 is 0 Å². The number of hydrogen-bond donors (Lipinski definition) is 0. The maximum atomic E-state index is 10.9. The van der Waals surface area contributed by atoms with Crippen molar-refractivity contribution < 1.29 is 13.9 Å². The van der Waals surface area contributed by atoms with Gasteiger partial charge in [0, 0.05) is 5.92 Å². The van der Waals surface area contributed by atoms with Crippen LogP contribution in [0.2, 0.25) is 0 Å². The number of aromatic nitrogens is 1. The Kier molecular flexibility index (Phi) is 2.47. The van der Waals surface area contributed by atoms with Crippen molar-refractivity contribution >= 4 is 5.97 Å². The summed E-state index contributed by atoms with van der Waals surface area (Å²) in [7, 11) is 1.31. The number of carbonyl (C=O) groups excluding carboxylic acids is 1. The Bertz CT molecular complexity index is 278. The van der Waals surface area contributed by atoms with Crippen molar-refractivity contribution in [2.75, 3.05) is 7.11 Å². The van der Waals surface area contributed by atoms with Gasteiger partial charge in [0.1, 0.15) is 6.26 Å². The lowest BCUT2D eigenvalue weighted by atomic mass is 10.2. The highest BCUT2D eigenvalue weighted by Gasteiger charge is 2.13. The molecule has 0 unspecified atom stereocenters. The molecule has 12 heavy (non-hydrogen) atoms. The van der Waals surface area contributed by atoms with Gasteiger partial charge in [-0.3, -0.25) is 0 Å². The molecule has 0 fully saturated rings. The highest BCUT2D eigenvalue weighted by Crippen LogP contribution is 2.13. The van der Waals surface area contributed by atoms with E-state index in [4.69, 9.17) is 4.42 Å². The maximum absolute atomic E-state index is 10.9. The number of oxazole rings is 1. The number of methoxy groups -OCH3 is 1. The molecular formula is C8H11NO3. The van der Waals surface area contributed by atoms with E-state index in [9.17, 15) is 4.79 Å². The fraction of sp³-hybridized carbons (Fsp3) is 0.500. The van der Waals surface area contributed by atoms with Gasteiger partial charge in [0.15, 0.2) is 11.6 Å². The Hall–Kier alpha value is -1.32. The second-order valence-corrected chi connectivity index (χ2v) is 2.72. The van der Waals surface area contributed by atoms with Gasteiger partial charge in [-0.15, -0.1) is 0 Å². The van der Waals surface area contributed by atoms with E-state index in [2.05, 4.69) is 9.72 Å². The summed E-state index contributed by atoms with van der Waals surface area (Å²) in [6.45, 7) is 3.87. The molecule has 0 N–H and O–H groups in total. The lowest BCUT2D eigenvalue weighted by molar-refractivity contribution is 0.0594. The standard InChI is InChI=1S/C8H11NO3/c1-5(2)7-9-6(4-12-7)8(10)11-3/h4-5H,1-3H3. The molecule has 0 aromatic carbocycles. The first-order chi connectivity index (χ1) is 5.65. The molecular weight excluding hydrogens is 158 g/mol. The third-order valence-corrected chi connectivity index (χ3v) is 1.41. The van der Waals surface area contributed by atoms with E-state index >= 15 is 0 Å². The molecule has 0 bridgehead atoms. The SMILES string of the molecule is COC(=O)c1coc(C(C)C)n1. The van der Waals surface area contributed by atoms with Crippen molar-refractivity contribution in [3.8, 4) is 0 Å². The number of ether oxygens (including phenoxy) is 1. The molecule has 0 saturated heterocycles. The molecule has 0 saturated carbocycles. The molecule has 1 aromatic heterocycles. The third kappa shape index (κ3) is 1.64. The summed E-state index contributed by atoms with van der Waals surface area (Å²) in [4.78, 5) is 14.8. The highest BCUT2D eigenvalue weighted by molar-refractivity contribution is 5.86. The van der Waals surface area contributed by atoms with E-state index < -0.39 is 5.97 Å². The van der Waals surface area contributed by atoms with Gasteiger partial charge in [0.05, 0.1) is 7.11 Å². The van der Waals surface area contributed by atoms with E-state index in [0.717, 1.165) is 0 Å². The van der Waals surface area contributed by atoms with Gasteiger partial charge in [-0.05, 0) is 0 Å². The molecule has 0 radical (unpaired) electrons. The molecule has 0 amide bonds. The monoisotopic (exact) mass is 169 g/mol. The molecule has 0 atom stereocenters. The largest absolute Gasteiger partial charge is 0.464 e. The first kappa shape index (κ1) is 8.77. The summed E-state index contributed by atoms with van der Waals surface area (Å²) in [5.74, 6) is 0.268. The van der Waals surface area contributed by atoms with Gasteiger partial charge in [0.2, 0.25) is 0 Å². The summed E-state index contributed by atoms with van der Waals surface area (Å²) >= 11 is 0. The topological polar surface area (TPSA) is 52.3 Å². The quantitative estimate of drug-likeness (QED) is 0.631. The molecule has 1 aromatic rings. The predicted molar refractivity (Wildman–Crippen MR) is 41.9 cm³/mol. The Morgan fingerprint density at radius 3 is 2.75 bits per heavy atom. The van der Waals surface area contributed by atoms with Crippen LogP contribution in [0.5, 0.6) is 0 Å². The van der Waals surface area contributed by atoms with Crippen LogP contribution in [0, 0.1) is 0 Å². The van der Waals surface area contributed by atoms with E-state index in [1.165, 1.54) is 13.4 Å². The summed E-state index contributed by atoms with van der Waals surface area (Å²) in [5, 5.41) is 0. The average Bonchev–Trinajstić information content (AvgIpc) is 2.51. The molecule has 4 heteroatoms. The van der Waals surface area contributed by atoms with Crippen LogP contribution in [-0.4, -0.2) is 18.1 Å². The van der Waals surface area contributed by atoms with Crippen molar-refractivity contribution in [2.45, 2.75) is 19.8 Å². The van der Waals surface area contributed by atoms with E-state index in [0.29, 0.717) is 5.89 Å². The van der Waals surface area contributed by atoms with Crippen LogP contribution < -0.4 is 0 Å². The van der Waals surface area contributed by atoms with Gasteiger partial charge in [-0.1, -0.05) is 13.8 Å². The zero-order valence-electron chi connectivity index (χ0n) is 7.33. The van der Waals surface area contributed by atoms with Gasteiger partial charge >= 0.3 is 5.97 Å². The Labute approximate surface area is 70.5 Å². The van der Waals surface area contributed by atoms with Crippen LogP contribution in [-0.2, 0) is 4.74 Å². The Morgan fingerprint density at radius 1 is 1.67 bits per heavy atom. The molecule has 0 aliphatic heterocycles. The van der Waals surface area contributed by atoms with Crippen molar-refractivity contribution in [3.05, 3.63) is 17.8 Å². The number of nitrogens with zero attached hydrogens (tertiary/aromatic N) is 1. The van der Waals surface area contributed by atoms with Gasteiger partial charge in [-0.25, -0.2) is 9.78 Å². The first-order valence-electron chi connectivity index (χ1n) is 3.69. The van der Waals surface area contributed by atoms with Crippen LogP contribution in [0.25, 0.3) is 0 Å². The van der Waals surface area contributed by atoms with Crippen LogP contribution in [0.4, 0.5) is 0 Å². The molecule has 0 aliphatic rings. The smallest absolute Gasteiger partial charge is 0.360 e. The number of carbonyl (C=O) groups is 1. The molecule has 4 nitrogen and oxygen atoms in total. The fourth-order valence-corrected chi connectivity index (χ4v) is 0.751. The number of rotatable bonds is 2. The fourth-order valence-electron chi connectivity index (χ4n) is 0.751. The normalized spacial score (nSPS) is 10.3. The molecule has 1 rings (SSSR count). The number of esters is 1.